The third kappa shape index (κ3) is 3.99. The summed E-state index contributed by atoms with van der Waals surface area (Å²) < 4.78 is 0. The number of fused-ring (bicyclic) bond motifs is 1. The lowest BCUT2D eigenvalue weighted by Gasteiger charge is -2.08. The van der Waals surface area contributed by atoms with E-state index in [9.17, 15) is 4.79 Å². The van der Waals surface area contributed by atoms with Crippen molar-refractivity contribution in [3.8, 4) is 0 Å². The second-order valence-corrected chi connectivity index (χ2v) is 5.10. The topological polar surface area (TPSA) is 65.4 Å². The number of hydrogen-bond donors (Lipinski definition) is 2. The Kier molecular flexibility index (Phi) is 5.58. The van der Waals surface area contributed by atoms with E-state index in [4.69, 9.17) is 5.73 Å². The van der Waals surface area contributed by atoms with Crippen molar-refractivity contribution in [2.45, 2.75) is 6.92 Å². The first-order valence-corrected chi connectivity index (χ1v) is 6.59. The summed E-state index contributed by atoms with van der Waals surface area (Å²) in [7, 11) is 7.57. The number of H-pyrrole nitrogens is 1. The first-order valence-electron chi connectivity index (χ1n) is 6.59. The summed E-state index contributed by atoms with van der Waals surface area (Å²) in [6.07, 6.45) is 1.71. The summed E-state index contributed by atoms with van der Waals surface area (Å²) in [5.41, 5.74) is 7.93. The highest BCUT2D eigenvalue weighted by Gasteiger charge is 2.13. The number of rotatable bonds is 2. The lowest BCUT2D eigenvalue weighted by molar-refractivity contribution is 0.0829. The minimum atomic E-state index is -0.0214. The number of aromatic amines is 1. The maximum Gasteiger partial charge on any atom is 0.255 e. The van der Waals surface area contributed by atoms with E-state index in [-0.39, 0.29) is 5.91 Å². The fourth-order valence-electron chi connectivity index (χ4n) is 1.56. The Labute approximate surface area is 120 Å². The number of carbonyl (C=O) groups excluding carboxylic acids is 1. The number of carbonyl (C=O) groups is 1. The van der Waals surface area contributed by atoms with E-state index in [2.05, 4.69) is 30.9 Å². The number of nitrogens with two attached hydrogens (primary N) is 1. The van der Waals surface area contributed by atoms with E-state index >= 15 is 0 Å². The monoisotopic (exact) mass is 276 g/mol. The second kappa shape index (κ2) is 6.96. The molecular weight excluding hydrogens is 252 g/mol. The van der Waals surface area contributed by atoms with Gasteiger partial charge in [0.25, 0.3) is 5.91 Å². The van der Waals surface area contributed by atoms with Crippen LogP contribution in [0.4, 0.5) is 5.69 Å². The summed E-state index contributed by atoms with van der Waals surface area (Å²) in [4.78, 5) is 18.5. The molecule has 0 bridgehead atoms. The zero-order chi connectivity index (χ0) is 15.3. The van der Waals surface area contributed by atoms with E-state index in [1.165, 1.54) is 0 Å². The van der Waals surface area contributed by atoms with Crippen molar-refractivity contribution in [2.75, 3.05) is 40.5 Å². The van der Waals surface area contributed by atoms with Gasteiger partial charge in [-0.3, -0.25) is 4.79 Å². The third-order valence-electron chi connectivity index (χ3n) is 2.97. The SMILES string of the molecule is CCN(C)C.CN(C)C(=O)c1c[nH]c2ccc(N)cc12. The Morgan fingerprint density at radius 1 is 1.25 bits per heavy atom. The molecule has 0 aliphatic heterocycles. The summed E-state index contributed by atoms with van der Waals surface area (Å²) >= 11 is 0. The van der Waals surface area contributed by atoms with Gasteiger partial charge in [0.2, 0.25) is 0 Å². The van der Waals surface area contributed by atoms with Gasteiger partial charge in [0.1, 0.15) is 0 Å². The minimum Gasteiger partial charge on any atom is -0.399 e. The molecule has 3 N–H and O–H groups in total. The van der Waals surface area contributed by atoms with Gasteiger partial charge in [-0.2, -0.15) is 0 Å². The molecule has 110 valence electrons. The molecule has 5 nitrogen and oxygen atoms in total. The normalized spacial score (nSPS) is 10.3. The van der Waals surface area contributed by atoms with Gasteiger partial charge in [0, 0.05) is 36.9 Å². The van der Waals surface area contributed by atoms with Gasteiger partial charge in [-0.1, -0.05) is 6.92 Å². The Balaban J connectivity index is 0.000000347. The molecule has 0 fully saturated rings. The molecule has 20 heavy (non-hydrogen) atoms. The van der Waals surface area contributed by atoms with Crippen molar-refractivity contribution in [1.29, 1.82) is 0 Å². The Morgan fingerprint density at radius 3 is 2.35 bits per heavy atom. The Bertz CT molecular complexity index is 572. The predicted octanol–water partition coefficient (Wildman–Crippen LogP) is 2.02. The van der Waals surface area contributed by atoms with Crippen LogP contribution in [0.1, 0.15) is 17.3 Å². The number of nitrogen functional groups attached to an aromatic ring is 1. The fourth-order valence-corrected chi connectivity index (χ4v) is 1.56. The highest BCUT2D eigenvalue weighted by atomic mass is 16.2. The molecule has 5 heteroatoms. The molecule has 0 atom stereocenters. The highest BCUT2D eigenvalue weighted by Crippen LogP contribution is 2.21. The molecule has 2 rings (SSSR count). The zero-order valence-corrected chi connectivity index (χ0v) is 12.9. The van der Waals surface area contributed by atoms with Crippen LogP contribution in [0.3, 0.4) is 0 Å². The summed E-state index contributed by atoms with van der Waals surface area (Å²) in [5.74, 6) is -0.0214. The van der Waals surface area contributed by atoms with Crippen LogP contribution in [-0.2, 0) is 0 Å². The lowest BCUT2D eigenvalue weighted by atomic mass is 10.1. The maximum atomic E-state index is 11.8. The van der Waals surface area contributed by atoms with Gasteiger partial charge in [0.05, 0.1) is 5.56 Å². The number of nitrogens with one attached hydrogen (secondary N) is 1. The van der Waals surface area contributed by atoms with Crippen LogP contribution in [0.2, 0.25) is 0 Å². The summed E-state index contributed by atoms with van der Waals surface area (Å²) in [5, 5.41) is 0.869. The van der Waals surface area contributed by atoms with Crippen molar-refractivity contribution in [2.24, 2.45) is 0 Å². The number of benzene rings is 1. The Hall–Kier alpha value is -2.01. The third-order valence-corrected chi connectivity index (χ3v) is 2.97. The summed E-state index contributed by atoms with van der Waals surface area (Å²) in [6, 6.07) is 5.49. The number of aromatic nitrogens is 1. The molecule has 0 spiro atoms. The van der Waals surface area contributed by atoms with Crippen molar-refractivity contribution < 1.29 is 4.79 Å². The largest absolute Gasteiger partial charge is 0.399 e. The number of hydrogen-bond acceptors (Lipinski definition) is 3. The number of nitrogens with zero attached hydrogens (tertiary/aromatic N) is 2. The van der Waals surface area contributed by atoms with Gasteiger partial charge < -0.3 is 20.5 Å². The standard InChI is InChI=1S/C11H13N3O.C4H11N/c1-14(2)11(15)9-6-13-10-4-3-7(12)5-8(9)10;1-4-5(2)3/h3-6,13H,12H2,1-2H3;4H2,1-3H3. The number of amides is 1. The molecule has 0 aliphatic rings. The molecule has 2 aromatic rings. The highest BCUT2D eigenvalue weighted by molar-refractivity contribution is 6.07. The lowest BCUT2D eigenvalue weighted by Crippen LogP contribution is -2.21. The van der Waals surface area contributed by atoms with Crippen LogP contribution in [0, 0.1) is 0 Å². The van der Waals surface area contributed by atoms with Gasteiger partial charge in [0.15, 0.2) is 0 Å². The van der Waals surface area contributed by atoms with Crippen LogP contribution in [0.15, 0.2) is 24.4 Å². The van der Waals surface area contributed by atoms with Crippen LogP contribution in [0.5, 0.6) is 0 Å². The van der Waals surface area contributed by atoms with Crippen LogP contribution >= 0.6 is 0 Å². The molecule has 0 radical (unpaired) electrons. The van der Waals surface area contributed by atoms with Gasteiger partial charge >= 0.3 is 0 Å². The fraction of sp³-hybridized carbons (Fsp3) is 0.400. The predicted molar refractivity (Wildman–Crippen MR) is 85.0 cm³/mol. The molecule has 0 saturated carbocycles. The molecule has 1 amide bonds. The van der Waals surface area contributed by atoms with E-state index in [0.29, 0.717) is 11.3 Å². The van der Waals surface area contributed by atoms with Crippen LogP contribution in [0.25, 0.3) is 10.9 Å². The van der Waals surface area contributed by atoms with Crippen molar-refractivity contribution in [3.05, 3.63) is 30.0 Å². The van der Waals surface area contributed by atoms with Crippen LogP contribution < -0.4 is 5.73 Å². The van der Waals surface area contributed by atoms with Gasteiger partial charge in [-0.15, -0.1) is 0 Å². The molecular formula is C15H24N4O. The smallest absolute Gasteiger partial charge is 0.255 e. The van der Waals surface area contributed by atoms with Crippen LogP contribution in [-0.4, -0.2) is 55.4 Å². The number of anilines is 1. The first-order chi connectivity index (χ1) is 9.36. The quantitative estimate of drug-likeness (QED) is 0.825. The Morgan fingerprint density at radius 2 is 1.85 bits per heavy atom. The molecule has 1 aromatic carbocycles. The van der Waals surface area contributed by atoms with E-state index in [0.717, 1.165) is 17.4 Å². The first kappa shape index (κ1) is 16.0. The van der Waals surface area contributed by atoms with E-state index in [1.54, 1.807) is 25.2 Å². The van der Waals surface area contributed by atoms with E-state index < -0.39 is 0 Å². The molecule has 0 saturated heterocycles. The van der Waals surface area contributed by atoms with Gasteiger partial charge in [-0.25, -0.2) is 0 Å². The summed E-state index contributed by atoms with van der Waals surface area (Å²) in [6.45, 7) is 3.26. The maximum absolute atomic E-state index is 11.8. The average molecular weight is 276 g/mol. The van der Waals surface area contributed by atoms with Crippen molar-refractivity contribution in [3.63, 3.8) is 0 Å². The molecule has 1 aromatic heterocycles. The van der Waals surface area contributed by atoms with Crippen molar-refractivity contribution >= 4 is 22.5 Å². The zero-order valence-electron chi connectivity index (χ0n) is 12.9. The van der Waals surface area contributed by atoms with Gasteiger partial charge in [-0.05, 0) is 38.8 Å². The van der Waals surface area contributed by atoms with Crippen molar-refractivity contribution in [1.82, 2.24) is 14.8 Å². The second-order valence-electron chi connectivity index (χ2n) is 5.10. The van der Waals surface area contributed by atoms with E-state index in [1.807, 2.05) is 18.2 Å². The molecule has 0 unspecified atom stereocenters. The molecule has 1 heterocycles. The molecule has 0 aliphatic carbocycles. The minimum absolute atomic E-state index is 0.0214. The average Bonchev–Trinajstić information content (AvgIpc) is 2.81.